The predicted octanol–water partition coefficient (Wildman–Crippen LogP) is 1.76. The number of rotatable bonds is 4. The highest BCUT2D eigenvalue weighted by molar-refractivity contribution is 6.30. The molecule has 6 heteroatoms. The van der Waals surface area contributed by atoms with Gasteiger partial charge in [0.2, 0.25) is 0 Å². The Bertz CT molecular complexity index is 431. The number of pyridine rings is 1. The van der Waals surface area contributed by atoms with E-state index < -0.39 is 5.97 Å². The van der Waals surface area contributed by atoms with Crippen LogP contribution in [0.1, 0.15) is 24.3 Å². The van der Waals surface area contributed by atoms with E-state index in [4.69, 9.17) is 11.6 Å². The molecular weight excluding hydrogens is 256 g/mol. The highest BCUT2D eigenvalue weighted by atomic mass is 35.5. The van der Waals surface area contributed by atoms with Gasteiger partial charge in [-0.25, -0.2) is 4.98 Å². The normalized spacial score (nSPS) is 10.3. The number of amides is 1. The lowest BCUT2D eigenvalue weighted by molar-refractivity contribution is -0.141. The molecule has 1 aromatic rings. The Hall–Kier alpha value is -1.62. The van der Waals surface area contributed by atoms with Crippen molar-refractivity contribution in [2.24, 2.45) is 0 Å². The number of esters is 1. The van der Waals surface area contributed by atoms with E-state index in [9.17, 15) is 9.59 Å². The zero-order valence-corrected chi connectivity index (χ0v) is 11.3. The minimum atomic E-state index is -0.467. The van der Waals surface area contributed by atoms with Gasteiger partial charge in [0.15, 0.2) is 0 Å². The molecule has 1 amide bonds. The van der Waals surface area contributed by atoms with E-state index in [-0.39, 0.29) is 24.2 Å². The zero-order valence-electron chi connectivity index (χ0n) is 10.5. The summed E-state index contributed by atoms with van der Waals surface area (Å²) in [6.07, 6.45) is 1.39. The van der Waals surface area contributed by atoms with Gasteiger partial charge < -0.3 is 9.64 Å². The van der Waals surface area contributed by atoms with Crippen molar-refractivity contribution in [3.63, 3.8) is 0 Å². The van der Waals surface area contributed by atoms with Crippen molar-refractivity contribution in [1.29, 1.82) is 0 Å². The molecule has 0 aromatic carbocycles. The van der Waals surface area contributed by atoms with Crippen molar-refractivity contribution in [2.45, 2.75) is 19.9 Å². The summed E-state index contributed by atoms with van der Waals surface area (Å²) in [6.45, 7) is 3.53. The lowest BCUT2D eigenvalue weighted by Crippen LogP contribution is -2.41. The highest BCUT2D eigenvalue weighted by Crippen LogP contribution is 2.10. The fraction of sp³-hybridized carbons (Fsp3) is 0.417. The fourth-order valence-electron chi connectivity index (χ4n) is 1.34. The molecule has 0 bridgehead atoms. The number of halogens is 1. The molecule has 0 aliphatic carbocycles. The van der Waals surface area contributed by atoms with E-state index in [0.717, 1.165) is 0 Å². The van der Waals surface area contributed by atoms with Gasteiger partial charge in [-0.1, -0.05) is 11.6 Å². The third-order valence-electron chi connectivity index (χ3n) is 2.36. The summed E-state index contributed by atoms with van der Waals surface area (Å²) in [6, 6.07) is 2.98. The molecule has 0 saturated heterocycles. The first-order valence-corrected chi connectivity index (χ1v) is 5.83. The van der Waals surface area contributed by atoms with Gasteiger partial charge in [0, 0.05) is 12.2 Å². The molecule has 5 nitrogen and oxygen atoms in total. The second-order valence-electron chi connectivity index (χ2n) is 3.96. The van der Waals surface area contributed by atoms with E-state index in [0.29, 0.717) is 5.02 Å². The molecule has 1 rings (SSSR count). The van der Waals surface area contributed by atoms with E-state index >= 15 is 0 Å². The van der Waals surface area contributed by atoms with Gasteiger partial charge in [0.05, 0.1) is 12.1 Å². The van der Waals surface area contributed by atoms with Crippen LogP contribution in [0, 0.1) is 0 Å². The average molecular weight is 271 g/mol. The summed E-state index contributed by atoms with van der Waals surface area (Å²) in [4.78, 5) is 28.8. The van der Waals surface area contributed by atoms with Gasteiger partial charge in [-0.15, -0.1) is 0 Å². The topological polar surface area (TPSA) is 59.5 Å². The van der Waals surface area contributed by atoms with Crippen molar-refractivity contribution < 1.29 is 14.3 Å². The molecule has 0 radical (unpaired) electrons. The molecule has 1 aromatic heterocycles. The molecule has 0 saturated carbocycles. The molecule has 0 N–H and O–H groups in total. The standard InChI is InChI=1S/C12H15ClN2O3/c1-8(2)15(7-11(16)18-3)12(17)10-5-4-9(13)6-14-10/h4-6,8H,7H2,1-3H3. The smallest absolute Gasteiger partial charge is 0.325 e. The number of aromatic nitrogens is 1. The first kappa shape index (κ1) is 14.4. The number of carbonyl (C=O) groups excluding carboxylic acids is 2. The maximum Gasteiger partial charge on any atom is 0.325 e. The number of nitrogens with zero attached hydrogens (tertiary/aromatic N) is 2. The van der Waals surface area contributed by atoms with Crippen LogP contribution in [-0.4, -0.2) is 41.5 Å². The van der Waals surface area contributed by atoms with E-state index in [1.165, 1.54) is 24.3 Å². The van der Waals surface area contributed by atoms with Crippen LogP contribution >= 0.6 is 11.6 Å². The molecular formula is C12H15ClN2O3. The number of methoxy groups -OCH3 is 1. The van der Waals surface area contributed by atoms with Crippen molar-refractivity contribution in [3.05, 3.63) is 29.0 Å². The Morgan fingerprint density at radius 2 is 2.11 bits per heavy atom. The summed E-state index contributed by atoms with van der Waals surface area (Å²) < 4.78 is 4.56. The summed E-state index contributed by atoms with van der Waals surface area (Å²) in [5.74, 6) is -0.793. The monoisotopic (exact) mass is 270 g/mol. The van der Waals surface area contributed by atoms with E-state index in [1.54, 1.807) is 6.07 Å². The maximum atomic E-state index is 12.2. The Labute approximate surface area is 111 Å². The fourth-order valence-corrected chi connectivity index (χ4v) is 1.45. The third-order valence-corrected chi connectivity index (χ3v) is 2.58. The Morgan fingerprint density at radius 1 is 1.44 bits per heavy atom. The van der Waals surface area contributed by atoms with Crippen LogP contribution in [0.3, 0.4) is 0 Å². The van der Waals surface area contributed by atoms with Crippen molar-refractivity contribution >= 4 is 23.5 Å². The average Bonchev–Trinajstić information content (AvgIpc) is 2.35. The number of hydrogen-bond acceptors (Lipinski definition) is 4. The number of hydrogen-bond donors (Lipinski definition) is 0. The van der Waals surface area contributed by atoms with Gasteiger partial charge in [-0.2, -0.15) is 0 Å². The quantitative estimate of drug-likeness (QED) is 0.782. The van der Waals surface area contributed by atoms with Gasteiger partial charge in [0.1, 0.15) is 12.2 Å². The van der Waals surface area contributed by atoms with E-state index in [2.05, 4.69) is 9.72 Å². The van der Waals surface area contributed by atoms with Crippen LogP contribution in [0.15, 0.2) is 18.3 Å². The molecule has 0 aliphatic heterocycles. The van der Waals surface area contributed by atoms with Crippen molar-refractivity contribution in [3.8, 4) is 0 Å². The number of carbonyl (C=O) groups is 2. The molecule has 0 unspecified atom stereocenters. The lowest BCUT2D eigenvalue weighted by Gasteiger charge is -2.25. The van der Waals surface area contributed by atoms with Crippen LogP contribution in [0.25, 0.3) is 0 Å². The summed E-state index contributed by atoms with van der Waals surface area (Å²) in [5, 5.41) is 0.454. The zero-order chi connectivity index (χ0) is 13.7. The van der Waals surface area contributed by atoms with Gasteiger partial charge in [-0.3, -0.25) is 9.59 Å². The van der Waals surface area contributed by atoms with Crippen molar-refractivity contribution in [1.82, 2.24) is 9.88 Å². The summed E-state index contributed by atoms with van der Waals surface area (Å²) in [5.41, 5.74) is 0.247. The molecule has 18 heavy (non-hydrogen) atoms. The molecule has 1 heterocycles. The first-order valence-electron chi connectivity index (χ1n) is 5.45. The Balaban J connectivity index is 2.89. The second-order valence-corrected chi connectivity index (χ2v) is 4.40. The molecule has 98 valence electrons. The SMILES string of the molecule is COC(=O)CN(C(=O)c1ccc(Cl)cn1)C(C)C. The second kappa shape index (κ2) is 6.35. The van der Waals surface area contributed by atoms with E-state index in [1.807, 2.05) is 13.8 Å². The Kier molecular flexibility index (Phi) is 5.09. The summed E-state index contributed by atoms with van der Waals surface area (Å²) in [7, 11) is 1.28. The largest absolute Gasteiger partial charge is 0.468 e. The predicted molar refractivity (Wildman–Crippen MR) is 67.4 cm³/mol. The van der Waals surface area contributed by atoms with Gasteiger partial charge in [-0.05, 0) is 26.0 Å². The third kappa shape index (κ3) is 3.70. The molecule has 0 spiro atoms. The van der Waals surface area contributed by atoms with Crippen LogP contribution in [-0.2, 0) is 9.53 Å². The minimum Gasteiger partial charge on any atom is -0.468 e. The molecule has 0 atom stereocenters. The van der Waals surface area contributed by atoms with Crippen LogP contribution in [0.5, 0.6) is 0 Å². The van der Waals surface area contributed by atoms with Crippen LogP contribution < -0.4 is 0 Å². The van der Waals surface area contributed by atoms with Crippen molar-refractivity contribution in [2.75, 3.05) is 13.7 Å². The van der Waals surface area contributed by atoms with Crippen LogP contribution in [0.4, 0.5) is 0 Å². The molecule has 0 fully saturated rings. The minimum absolute atomic E-state index is 0.0999. The first-order chi connectivity index (χ1) is 8.45. The van der Waals surface area contributed by atoms with Crippen LogP contribution in [0.2, 0.25) is 5.02 Å². The number of ether oxygens (including phenoxy) is 1. The lowest BCUT2D eigenvalue weighted by atomic mass is 10.2. The highest BCUT2D eigenvalue weighted by Gasteiger charge is 2.22. The van der Waals surface area contributed by atoms with Gasteiger partial charge in [0.25, 0.3) is 5.91 Å². The Morgan fingerprint density at radius 3 is 2.56 bits per heavy atom. The van der Waals surface area contributed by atoms with Gasteiger partial charge >= 0.3 is 5.97 Å². The maximum absolute atomic E-state index is 12.2. The summed E-state index contributed by atoms with van der Waals surface area (Å²) >= 11 is 5.70. The molecule has 0 aliphatic rings.